The molecule has 0 aliphatic heterocycles. The van der Waals surface area contributed by atoms with Crippen LogP contribution in [0.5, 0.6) is 0 Å². The molecule has 0 radical (unpaired) electrons. The molecule has 4 nitrogen and oxygen atoms in total. The molecule has 0 bridgehead atoms. The summed E-state index contributed by atoms with van der Waals surface area (Å²) >= 11 is 0. The molecule has 1 aromatic carbocycles. The number of carbonyl (C=O) groups is 2. The molecule has 0 aliphatic rings. The van der Waals surface area contributed by atoms with E-state index in [4.69, 9.17) is 0 Å². The zero-order valence-corrected chi connectivity index (χ0v) is 10.6. The van der Waals surface area contributed by atoms with Gasteiger partial charge in [0.1, 0.15) is 11.6 Å². The van der Waals surface area contributed by atoms with Gasteiger partial charge in [0.2, 0.25) is 5.91 Å². The van der Waals surface area contributed by atoms with Crippen molar-refractivity contribution >= 4 is 11.8 Å². The van der Waals surface area contributed by atoms with E-state index in [9.17, 15) is 18.4 Å². The Morgan fingerprint density at radius 1 is 1.21 bits per heavy atom. The van der Waals surface area contributed by atoms with Gasteiger partial charge < -0.3 is 10.6 Å². The fraction of sp³-hybridized carbons (Fsp3) is 0.385. The summed E-state index contributed by atoms with van der Waals surface area (Å²) in [6.45, 7) is 2.63. The van der Waals surface area contributed by atoms with Gasteiger partial charge >= 0.3 is 0 Å². The first kappa shape index (κ1) is 15.1. The molecule has 0 aromatic heterocycles. The van der Waals surface area contributed by atoms with Gasteiger partial charge in [0.25, 0.3) is 5.91 Å². The molecule has 0 saturated heterocycles. The monoisotopic (exact) mass is 270 g/mol. The van der Waals surface area contributed by atoms with E-state index in [1.54, 1.807) is 0 Å². The smallest absolute Gasteiger partial charge is 0.254 e. The van der Waals surface area contributed by atoms with E-state index in [0.717, 1.165) is 12.1 Å². The molecular weight excluding hydrogens is 254 g/mol. The standard InChI is InChI=1S/C13H16F2N2O2/c1-2-16-12(18)4-3-7-17-13(19)10-6-5-9(14)8-11(10)15/h5-6,8H,2-4,7H2,1H3,(H,16,18)(H,17,19). The third-order valence-corrected chi connectivity index (χ3v) is 2.42. The van der Waals surface area contributed by atoms with Crippen molar-refractivity contribution in [2.45, 2.75) is 19.8 Å². The highest BCUT2D eigenvalue weighted by atomic mass is 19.1. The van der Waals surface area contributed by atoms with Crippen molar-refractivity contribution in [3.8, 4) is 0 Å². The molecule has 0 unspecified atom stereocenters. The molecule has 0 fully saturated rings. The van der Waals surface area contributed by atoms with Crippen molar-refractivity contribution in [2.75, 3.05) is 13.1 Å². The van der Waals surface area contributed by atoms with E-state index >= 15 is 0 Å². The summed E-state index contributed by atoms with van der Waals surface area (Å²) in [5.74, 6) is -2.34. The first-order chi connectivity index (χ1) is 9.04. The molecule has 0 spiro atoms. The number of benzene rings is 1. The minimum absolute atomic E-state index is 0.0929. The summed E-state index contributed by atoms with van der Waals surface area (Å²) in [5.41, 5.74) is -0.209. The van der Waals surface area contributed by atoms with Crippen molar-refractivity contribution in [1.29, 1.82) is 0 Å². The molecule has 1 aromatic rings. The maximum atomic E-state index is 13.3. The second-order valence-electron chi connectivity index (χ2n) is 3.94. The van der Waals surface area contributed by atoms with E-state index < -0.39 is 17.5 Å². The lowest BCUT2D eigenvalue weighted by Crippen LogP contribution is -2.28. The molecule has 6 heteroatoms. The summed E-state index contributed by atoms with van der Waals surface area (Å²) in [6, 6.07) is 2.76. The van der Waals surface area contributed by atoms with Gasteiger partial charge in [0, 0.05) is 25.6 Å². The quantitative estimate of drug-likeness (QED) is 0.772. The lowest BCUT2D eigenvalue weighted by atomic mass is 10.2. The molecule has 19 heavy (non-hydrogen) atoms. The first-order valence-electron chi connectivity index (χ1n) is 6.04. The van der Waals surface area contributed by atoms with Crippen LogP contribution in [0, 0.1) is 11.6 Å². The summed E-state index contributed by atoms with van der Waals surface area (Å²) in [5, 5.41) is 5.10. The molecule has 0 aliphatic carbocycles. The maximum absolute atomic E-state index is 13.3. The van der Waals surface area contributed by atoms with Crippen LogP contribution in [-0.2, 0) is 4.79 Å². The van der Waals surface area contributed by atoms with Crippen molar-refractivity contribution in [1.82, 2.24) is 10.6 Å². The van der Waals surface area contributed by atoms with Crippen LogP contribution in [0.4, 0.5) is 8.78 Å². The minimum atomic E-state index is -0.902. The number of amides is 2. The van der Waals surface area contributed by atoms with Crippen LogP contribution in [-0.4, -0.2) is 24.9 Å². The van der Waals surface area contributed by atoms with Crippen LogP contribution in [0.1, 0.15) is 30.1 Å². The van der Waals surface area contributed by atoms with Gasteiger partial charge in [-0.3, -0.25) is 9.59 Å². The highest BCUT2D eigenvalue weighted by molar-refractivity contribution is 5.94. The van der Waals surface area contributed by atoms with Gasteiger partial charge in [0.15, 0.2) is 0 Å². The van der Waals surface area contributed by atoms with E-state index in [0.29, 0.717) is 25.5 Å². The number of hydrogen-bond acceptors (Lipinski definition) is 2. The number of halogens is 2. The van der Waals surface area contributed by atoms with Gasteiger partial charge in [-0.2, -0.15) is 0 Å². The molecule has 0 heterocycles. The number of rotatable bonds is 6. The van der Waals surface area contributed by atoms with E-state index in [1.807, 2.05) is 6.92 Å². The Kier molecular flexibility index (Phi) is 5.92. The average Bonchev–Trinajstić information content (AvgIpc) is 2.34. The van der Waals surface area contributed by atoms with Crippen LogP contribution in [0.2, 0.25) is 0 Å². The summed E-state index contributed by atoms with van der Waals surface area (Å²) < 4.78 is 25.9. The van der Waals surface area contributed by atoms with Crippen LogP contribution in [0.15, 0.2) is 18.2 Å². The second kappa shape index (κ2) is 7.45. The van der Waals surface area contributed by atoms with Crippen molar-refractivity contribution in [3.63, 3.8) is 0 Å². The van der Waals surface area contributed by atoms with Crippen molar-refractivity contribution in [3.05, 3.63) is 35.4 Å². The second-order valence-corrected chi connectivity index (χ2v) is 3.94. The van der Waals surface area contributed by atoms with Crippen LogP contribution in [0.25, 0.3) is 0 Å². The zero-order chi connectivity index (χ0) is 14.3. The molecular formula is C13H16F2N2O2. The van der Waals surface area contributed by atoms with Crippen LogP contribution < -0.4 is 10.6 Å². The predicted octanol–water partition coefficient (Wildman–Crippen LogP) is 1.61. The largest absolute Gasteiger partial charge is 0.356 e. The first-order valence-corrected chi connectivity index (χ1v) is 6.04. The summed E-state index contributed by atoms with van der Waals surface area (Å²) in [7, 11) is 0. The average molecular weight is 270 g/mol. The van der Waals surface area contributed by atoms with E-state index in [1.165, 1.54) is 0 Å². The third-order valence-electron chi connectivity index (χ3n) is 2.42. The topological polar surface area (TPSA) is 58.2 Å². The van der Waals surface area contributed by atoms with Crippen LogP contribution >= 0.6 is 0 Å². The highest BCUT2D eigenvalue weighted by Gasteiger charge is 2.11. The fourth-order valence-electron chi connectivity index (χ4n) is 1.51. The fourth-order valence-corrected chi connectivity index (χ4v) is 1.51. The zero-order valence-electron chi connectivity index (χ0n) is 10.6. The number of nitrogens with one attached hydrogen (secondary N) is 2. The van der Waals surface area contributed by atoms with Crippen LogP contribution in [0.3, 0.4) is 0 Å². The molecule has 0 saturated carbocycles. The van der Waals surface area contributed by atoms with Gasteiger partial charge in [-0.25, -0.2) is 8.78 Å². The Labute approximate surface area is 110 Å². The maximum Gasteiger partial charge on any atom is 0.254 e. The molecule has 104 valence electrons. The highest BCUT2D eigenvalue weighted by Crippen LogP contribution is 2.09. The lowest BCUT2D eigenvalue weighted by molar-refractivity contribution is -0.121. The Balaban J connectivity index is 2.37. The normalized spacial score (nSPS) is 10.1. The Morgan fingerprint density at radius 3 is 2.58 bits per heavy atom. The summed E-state index contributed by atoms with van der Waals surface area (Å²) in [4.78, 5) is 22.7. The third kappa shape index (κ3) is 5.03. The van der Waals surface area contributed by atoms with Gasteiger partial charge in [-0.15, -0.1) is 0 Å². The van der Waals surface area contributed by atoms with Gasteiger partial charge in [0.05, 0.1) is 5.56 Å². The molecule has 0 atom stereocenters. The van der Waals surface area contributed by atoms with Gasteiger partial charge in [-0.1, -0.05) is 0 Å². The Hall–Kier alpha value is -1.98. The SMILES string of the molecule is CCNC(=O)CCCNC(=O)c1ccc(F)cc1F. The lowest BCUT2D eigenvalue weighted by Gasteiger charge is -2.06. The molecule has 2 amide bonds. The number of hydrogen-bond donors (Lipinski definition) is 2. The van der Waals surface area contributed by atoms with E-state index in [-0.39, 0.29) is 18.0 Å². The Bertz CT molecular complexity index is 464. The molecule has 1 rings (SSSR count). The summed E-state index contributed by atoms with van der Waals surface area (Å²) in [6.07, 6.45) is 0.750. The predicted molar refractivity (Wildman–Crippen MR) is 66.6 cm³/mol. The van der Waals surface area contributed by atoms with Crippen molar-refractivity contribution in [2.24, 2.45) is 0 Å². The Morgan fingerprint density at radius 2 is 1.95 bits per heavy atom. The molecule has 2 N–H and O–H groups in total. The van der Waals surface area contributed by atoms with Crippen molar-refractivity contribution < 1.29 is 18.4 Å². The number of carbonyl (C=O) groups excluding carboxylic acids is 2. The minimum Gasteiger partial charge on any atom is -0.356 e. The van der Waals surface area contributed by atoms with E-state index in [2.05, 4.69) is 10.6 Å². The van der Waals surface area contributed by atoms with Gasteiger partial charge in [-0.05, 0) is 25.5 Å².